The maximum absolute atomic E-state index is 12.0. The number of carbonyl (C=O) groups excluding carboxylic acids is 1. The zero-order valence-electron chi connectivity index (χ0n) is 15.7. The van der Waals surface area contributed by atoms with Gasteiger partial charge in [0.05, 0.1) is 24.2 Å². The van der Waals surface area contributed by atoms with Gasteiger partial charge in [0.1, 0.15) is 17.3 Å². The van der Waals surface area contributed by atoms with Crippen molar-refractivity contribution in [1.29, 1.82) is 0 Å². The number of nitro benzene ring substituents is 1. The van der Waals surface area contributed by atoms with Crippen LogP contribution in [0.2, 0.25) is 0 Å². The summed E-state index contributed by atoms with van der Waals surface area (Å²) in [5.41, 5.74) is 3.85. The number of furan rings is 1. The van der Waals surface area contributed by atoms with E-state index in [-0.39, 0.29) is 18.0 Å². The van der Waals surface area contributed by atoms with Crippen molar-refractivity contribution in [2.75, 3.05) is 6.61 Å². The lowest BCUT2D eigenvalue weighted by atomic mass is 10.1. The van der Waals surface area contributed by atoms with Gasteiger partial charge in [0.15, 0.2) is 0 Å². The van der Waals surface area contributed by atoms with Crippen LogP contribution in [-0.4, -0.2) is 23.7 Å². The number of benzene rings is 2. The molecule has 0 atom stereocenters. The molecule has 1 heterocycles. The molecule has 0 aliphatic carbocycles. The molecule has 3 rings (SSSR count). The summed E-state index contributed by atoms with van der Waals surface area (Å²) >= 11 is 0. The van der Waals surface area contributed by atoms with Crippen molar-refractivity contribution in [3.8, 4) is 17.1 Å². The smallest absolute Gasteiger partial charge is 0.270 e. The minimum Gasteiger partial charge on any atom is -0.494 e. The van der Waals surface area contributed by atoms with Crippen molar-refractivity contribution in [2.45, 2.75) is 13.3 Å². The van der Waals surface area contributed by atoms with Gasteiger partial charge in [-0.1, -0.05) is 24.3 Å². The molecule has 0 bridgehead atoms. The average molecular weight is 393 g/mol. The fourth-order valence-electron chi connectivity index (χ4n) is 2.61. The van der Waals surface area contributed by atoms with Gasteiger partial charge < -0.3 is 9.15 Å². The molecule has 3 aromatic rings. The summed E-state index contributed by atoms with van der Waals surface area (Å²) in [6.07, 6.45) is 1.55. The third-order valence-electron chi connectivity index (χ3n) is 3.95. The number of hydrogen-bond acceptors (Lipinski definition) is 6. The molecule has 148 valence electrons. The fraction of sp³-hybridized carbons (Fsp3) is 0.143. The van der Waals surface area contributed by atoms with Gasteiger partial charge in [-0.25, -0.2) is 5.43 Å². The highest BCUT2D eigenvalue weighted by atomic mass is 16.6. The molecule has 8 heteroatoms. The van der Waals surface area contributed by atoms with Crippen LogP contribution < -0.4 is 10.2 Å². The molecule has 0 saturated heterocycles. The number of hydrogen-bond donors (Lipinski definition) is 1. The number of carbonyl (C=O) groups is 1. The van der Waals surface area contributed by atoms with E-state index in [4.69, 9.17) is 9.15 Å². The van der Waals surface area contributed by atoms with E-state index in [1.807, 2.05) is 31.2 Å². The lowest BCUT2D eigenvalue weighted by molar-refractivity contribution is -0.384. The number of nitrogens with one attached hydrogen (secondary N) is 1. The zero-order valence-corrected chi connectivity index (χ0v) is 15.7. The molecule has 0 fully saturated rings. The second-order valence-electron chi connectivity index (χ2n) is 6.06. The second kappa shape index (κ2) is 9.32. The van der Waals surface area contributed by atoms with Gasteiger partial charge in [-0.2, -0.15) is 5.10 Å². The van der Waals surface area contributed by atoms with E-state index in [1.165, 1.54) is 18.3 Å². The Morgan fingerprint density at radius 1 is 1.21 bits per heavy atom. The van der Waals surface area contributed by atoms with Crippen LogP contribution in [0.25, 0.3) is 11.3 Å². The molecule has 1 N–H and O–H groups in total. The lowest BCUT2D eigenvalue weighted by Gasteiger charge is -2.04. The molecule has 1 aromatic heterocycles. The van der Waals surface area contributed by atoms with Gasteiger partial charge in [0.25, 0.3) is 5.69 Å². The second-order valence-corrected chi connectivity index (χ2v) is 6.06. The number of nitro groups is 1. The van der Waals surface area contributed by atoms with Crippen LogP contribution in [0.15, 0.2) is 70.2 Å². The number of ether oxygens (including phenoxy) is 1. The zero-order chi connectivity index (χ0) is 20.6. The van der Waals surface area contributed by atoms with E-state index in [0.717, 1.165) is 11.3 Å². The van der Waals surface area contributed by atoms with Crippen LogP contribution in [0.1, 0.15) is 18.2 Å². The summed E-state index contributed by atoms with van der Waals surface area (Å²) in [6.45, 7) is 2.50. The van der Waals surface area contributed by atoms with Crippen LogP contribution in [-0.2, 0) is 11.2 Å². The first-order valence-electron chi connectivity index (χ1n) is 8.93. The Hall–Kier alpha value is -3.94. The number of nitrogens with zero attached hydrogens (tertiary/aromatic N) is 2. The summed E-state index contributed by atoms with van der Waals surface area (Å²) in [4.78, 5) is 22.4. The van der Waals surface area contributed by atoms with Crippen LogP contribution in [0, 0.1) is 10.1 Å². The molecular formula is C21H19N3O5. The Bertz CT molecular complexity index is 1020. The molecule has 1 amide bonds. The van der Waals surface area contributed by atoms with E-state index < -0.39 is 4.92 Å². The normalized spacial score (nSPS) is 10.8. The largest absolute Gasteiger partial charge is 0.494 e. The number of non-ortho nitro benzene ring substituents is 1. The summed E-state index contributed by atoms with van der Waals surface area (Å²) in [6, 6.07) is 16.8. The van der Waals surface area contributed by atoms with E-state index >= 15 is 0 Å². The van der Waals surface area contributed by atoms with E-state index in [9.17, 15) is 14.9 Å². The molecule has 0 unspecified atom stereocenters. The predicted octanol–water partition coefficient (Wildman–Crippen LogP) is 3.95. The SMILES string of the molecule is CCOc1ccc(CC(=O)N/N=C\c2ccc(-c3cccc([N+](=O)[O-])c3)o2)cc1. The Morgan fingerprint density at radius 2 is 2.00 bits per heavy atom. The Labute approximate surface area is 167 Å². The van der Waals surface area contributed by atoms with Gasteiger partial charge in [0.2, 0.25) is 5.91 Å². The van der Waals surface area contributed by atoms with Gasteiger partial charge in [-0.05, 0) is 36.8 Å². The van der Waals surface area contributed by atoms with Crippen molar-refractivity contribution < 1.29 is 18.9 Å². The molecule has 2 aromatic carbocycles. The molecular weight excluding hydrogens is 374 g/mol. The first kappa shape index (κ1) is 19.8. The van der Waals surface area contributed by atoms with Crippen LogP contribution in [0.5, 0.6) is 5.75 Å². The Kier molecular flexibility index (Phi) is 6.36. The number of amides is 1. The predicted molar refractivity (Wildman–Crippen MR) is 108 cm³/mol. The first-order chi connectivity index (χ1) is 14.0. The van der Waals surface area contributed by atoms with E-state index in [1.54, 1.807) is 24.3 Å². The third-order valence-corrected chi connectivity index (χ3v) is 3.95. The summed E-state index contributed by atoms with van der Waals surface area (Å²) in [7, 11) is 0. The Balaban J connectivity index is 1.56. The van der Waals surface area contributed by atoms with Gasteiger partial charge in [-0.15, -0.1) is 0 Å². The maximum atomic E-state index is 12.0. The maximum Gasteiger partial charge on any atom is 0.270 e. The first-order valence-corrected chi connectivity index (χ1v) is 8.93. The van der Waals surface area contributed by atoms with Gasteiger partial charge in [-0.3, -0.25) is 14.9 Å². The molecule has 8 nitrogen and oxygen atoms in total. The molecule has 29 heavy (non-hydrogen) atoms. The van der Waals surface area contributed by atoms with Crippen molar-refractivity contribution in [1.82, 2.24) is 5.43 Å². The van der Waals surface area contributed by atoms with E-state index in [0.29, 0.717) is 23.7 Å². The van der Waals surface area contributed by atoms with Gasteiger partial charge >= 0.3 is 0 Å². The standard InChI is InChI=1S/C21H19N3O5/c1-2-28-18-8-6-15(7-9-18)12-21(25)23-22-14-19-10-11-20(29-19)16-4-3-5-17(13-16)24(26)27/h3-11,13-14H,2,12H2,1H3,(H,23,25)/b22-14-. The van der Waals surface area contributed by atoms with E-state index in [2.05, 4.69) is 10.5 Å². The van der Waals surface area contributed by atoms with Crippen molar-refractivity contribution in [2.24, 2.45) is 5.10 Å². The van der Waals surface area contributed by atoms with Crippen LogP contribution >= 0.6 is 0 Å². The molecule has 0 aliphatic heterocycles. The lowest BCUT2D eigenvalue weighted by Crippen LogP contribution is -2.19. The Morgan fingerprint density at radius 3 is 2.72 bits per heavy atom. The van der Waals surface area contributed by atoms with Crippen LogP contribution in [0.3, 0.4) is 0 Å². The molecule has 0 saturated carbocycles. The molecule has 0 spiro atoms. The number of rotatable bonds is 8. The monoisotopic (exact) mass is 393 g/mol. The minimum atomic E-state index is -0.464. The van der Waals surface area contributed by atoms with Crippen LogP contribution in [0.4, 0.5) is 5.69 Å². The highest BCUT2D eigenvalue weighted by Crippen LogP contribution is 2.25. The summed E-state index contributed by atoms with van der Waals surface area (Å²) in [5, 5.41) is 14.8. The van der Waals surface area contributed by atoms with Crippen molar-refractivity contribution in [3.05, 3.63) is 82.1 Å². The van der Waals surface area contributed by atoms with Crippen molar-refractivity contribution >= 4 is 17.8 Å². The fourth-order valence-corrected chi connectivity index (χ4v) is 2.61. The quantitative estimate of drug-likeness (QED) is 0.354. The summed E-state index contributed by atoms with van der Waals surface area (Å²) < 4.78 is 11.0. The minimum absolute atomic E-state index is 0.0179. The molecule has 0 aliphatic rings. The summed E-state index contributed by atoms with van der Waals surface area (Å²) in [5.74, 6) is 1.37. The highest BCUT2D eigenvalue weighted by molar-refractivity contribution is 5.82. The highest BCUT2D eigenvalue weighted by Gasteiger charge is 2.10. The third kappa shape index (κ3) is 5.52. The number of hydrazone groups is 1. The molecule has 0 radical (unpaired) electrons. The van der Waals surface area contributed by atoms with Crippen molar-refractivity contribution in [3.63, 3.8) is 0 Å². The van der Waals surface area contributed by atoms with Gasteiger partial charge in [0, 0.05) is 17.7 Å². The topological polar surface area (TPSA) is 107 Å². The average Bonchev–Trinajstić information content (AvgIpc) is 3.19.